The summed E-state index contributed by atoms with van der Waals surface area (Å²) in [6, 6.07) is 7.51. The molecule has 0 bridgehead atoms. The van der Waals surface area contributed by atoms with Crippen LogP contribution in [0.4, 0.5) is 5.69 Å². The maximum absolute atomic E-state index is 11.3. The normalized spacial score (nSPS) is 15.7. The Balaban J connectivity index is 2.18. The number of carboxylic acids is 1. The van der Waals surface area contributed by atoms with E-state index >= 15 is 0 Å². The standard InChI is InChI=1S/C13H17NO3/c1-17-9-7-12(13(15)16)14-8-6-10-4-2-3-5-11(10)14/h2-5,12H,6-9H2,1H3,(H,15,16). The molecule has 1 unspecified atom stereocenters. The average Bonchev–Trinajstić information content (AvgIpc) is 2.73. The van der Waals surface area contributed by atoms with Gasteiger partial charge in [0.05, 0.1) is 0 Å². The van der Waals surface area contributed by atoms with E-state index in [1.54, 1.807) is 7.11 Å². The lowest BCUT2D eigenvalue weighted by atomic mass is 10.1. The van der Waals surface area contributed by atoms with Crippen LogP contribution in [0.2, 0.25) is 0 Å². The van der Waals surface area contributed by atoms with E-state index in [0.717, 1.165) is 18.7 Å². The van der Waals surface area contributed by atoms with E-state index < -0.39 is 12.0 Å². The summed E-state index contributed by atoms with van der Waals surface area (Å²) in [6.45, 7) is 1.25. The zero-order valence-corrected chi connectivity index (χ0v) is 9.93. The van der Waals surface area contributed by atoms with Crippen molar-refractivity contribution in [3.63, 3.8) is 0 Å². The highest BCUT2D eigenvalue weighted by Gasteiger charge is 2.30. The van der Waals surface area contributed by atoms with Crippen LogP contribution in [0.3, 0.4) is 0 Å². The lowest BCUT2D eigenvalue weighted by molar-refractivity contribution is -0.139. The summed E-state index contributed by atoms with van der Waals surface area (Å²) in [5, 5.41) is 9.29. The van der Waals surface area contributed by atoms with Gasteiger partial charge in [-0.3, -0.25) is 0 Å². The first-order valence-electron chi connectivity index (χ1n) is 5.80. The van der Waals surface area contributed by atoms with Crippen molar-refractivity contribution in [1.29, 1.82) is 0 Å². The average molecular weight is 235 g/mol. The molecule has 0 radical (unpaired) electrons. The second kappa shape index (κ2) is 5.19. The fourth-order valence-electron chi connectivity index (χ4n) is 2.33. The highest BCUT2D eigenvalue weighted by molar-refractivity contribution is 5.79. The number of anilines is 1. The SMILES string of the molecule is COCCC(C(=O)O)N1CCc2ccccc21. The van der Waals surface area contributed by atoms with Gasteiger partial charge in [0.1, 0.15) is 6.04 Å². The summed E-state index contributed by atoms with van der Waals surface area (Å²) in [5.41, 5.74) is 2.28. The predicted octanol–water partition coefficient (Wildman–Crippen LogP) is 1.54. The van der Waals surface area contributed by atoms with Crippen LogP contribution in [0, 0.1) is 0 Å². The number of para-hydroxylation sites is 1. The van der Waals surface area contributed by atoms with E-state index in [-0.39, 0.29) is 0 Å². The third kappa shape index (κ3) is 2.42. The van der Waals surface area contributed by atoms with Crippen molar-refractivity contribution in [1.82, 2.24) is 0 Å². The lowest BCUT2D eigenvalue weighted by Crippen LogP contribution is -2.41. The van der Waals surface area contributed by atoms with Gasteiger partial charge in [-0.1, -0.05) is 18.2 Å². The molecule has 1 N–H and O–H groups in total. The van der Waals surface area contributed by atoms with Crippen molar-refractivity contribution >= 4 is 11.7 Å². The Labute approximate surface area is 101 Å². The molecule has 1 atom stereocenters. The number of hydrogen-bond acceptors (Lipinski definition) is 3. The highest BCUT2D eigenvalue weighted by Crippen LogP contribution is 2.30. The number of rotatable bonds is 5. The smallest absolute Gasteiger partial charge is 0.326 e. The number of ether oxygens (including phenoxy) is 1. The van der Waals surface area contributed by atoms with Crippen LogP contribution in [0.15, 0.2) is 24.3 Å². The Bertz CT molecular complexity index is 405. The van der Waals surface area contributed by atoms with E-state index in [2.05, 4.69) is 6.07 Å². The Morgan fingerprint density at radius 2 is 2.29 bits per heavy atom. The minimum Gasteiger partial charge on any atom is -0.480 e. The van der Waals surface area contributed by atoms with Crippen molar-refractivity contribution in [3.8, 4) is 0 Å². The zero-order chi connectivity index (χ0) is 12.3. The monoisotopic (exact) mass is 235 g/mol. The van der Waals surface area contributed by atoms with E-state index in [1.807, 2.05) is 23.1 Å². The fourth-order valence-corrected chi connectivity index (χ4v) is 2.33. The summed E-state index contributed by atoms with van der Waals surface area (Å²) in [7, 11) is 1.59. The van der Waals surface area contributed by atoms with Crippen LogP contribution in [0.25, 0.3) is 0 Å². The van der Waals surface area contributed by atoms with Gasteiger partial charge < -0.3 is 14.7 Å². The van der Waals surface area contributed by atoms with Gasteiger partial charge in [0, 0.05) is 32.4 Å². The quantitative estimate of drug-likeness (QED) is 0.841. The van der Waals surface area contributed by atoms with Crippen LogP contribution >= 0.6 is 0 Å². The first-order valence-corrected chi connectivity index (χ1v) is 5.80. The number of benzene rings is 1. The van der Waals surface area contributed by atoms with Gasteiger partial charge >= 0.3 is 5.97 Å². The number of fused-ring (bicyclic) bond motifs is 1. The number of hydrogen-bond donors (Lipinski definition) is 1. The molecule has 4 heteroatoms. The molecule has 92 valence electrons. The summed E-state index contributed by atoms with van der Waals surface area (Å²) in [5.74, 6) is -0.779. The molecule has 17 heavy (non-hydrogen) atoms. The molecule has 0 aliphatic carbocycles. The van der Waals surface area contributed by atoms with E-state index in [9.17, 15) is 9.90 Å². The maximum Gasteiger partial charge on any atom is 0.326 e. The Hall–Kier alpha value is -1.55. The van der Waals surface area contributed by atoms with Crippen LogP contribution < -0.4 is 4.90 Å². The van der Waals surface area contributed by atoms with E-state index in [0.29, 0.717) is 13.0 Å². The molecule has 1 aromatic rings. The number of aliphatic carboxylic acids is 1. The van der Waals surface area contributed by atoms with Crippen molar-refractivity contribution in [2.75, 3.05) is 25.2 Å². The molecule has 1 aromatic carbocycles. The first kappa shape index (κ1) is 11.9. The van der Waals surface area contributed by atoms with Crippen molar-refractivity contribution in [2.24, 2.45) is 0 Å². The molecule has 0 aromatic heterocycles. The number of methoxy groups -OCH3 is 1. The van der Waals surface area contributed by atoms with Crippen LogP contribution in [-0.4, -0.2) is 37.4 Å². The minimum atomic E-state index is -0.779. The summed E-state index contributed by atoms with van der Waals surface area (Å²) >= 11 is 0. The Kier molecular flexibility index (Phi) is 3.64. The molecular weight excluding hydrogens is 218 g/mol. The van der Waals surface area contributed by atoms with Crippen LogP contribution in [-0.2, 0) is 16.0 Å². The largest absolute Gasteiger partial charge is 0.480 e. The third-order valence-corrected chi connectivity index (χ3v) is 3.18. The molecular formula is C13H17NO3. The number of carbonyl (C=O) groups is 1. The molecule has 1 heterocycles. The second-order valence-electron chi connectivity index (χ2n) is 4.21. The summed E-state index contributed by atoms with van der Waals surface area (Å²) < 4.78 is 4.98. The van der Waals surface area contributed by atoms with Crippen molar-refractivity contribution in [3.05, 3.63) is 29.8 Å². The van der Waals surface area contributed by atoms with E-state index in [1.165, 1.54) is 5.56 Å². The molecule has 2 rings (SSSR count). The minimum absolute atomic E-state index is 0.468. The van der Waals surface area contributed by atoms with Gasteiger partial charge in [-0.2, -0.15) is 0 Å². The second-order valence-corrected chi connectivity index (χ2v) is 4.21. The molecule has 0 spiro atoms. The van der Waals surface area contributed by atoms with Gasteiger partial charge in [-0.05, 0) is 18.1 Å². The highest BCUT2D eigenvalue weighted by atomic mass is 16.5. The third-order valence-electron chi connectivity index (χ3n) is 3.18. The molecule has 1 aliphatic rings. The van der Waals surface area contributed by atoms with Crippen LogP contribution in [0.1, 0.15) is 12.0 Å². The van der Waals surface area contributed by atoms with Crippen LogP contribution in [0.5, 0.6) is 0 Å². The molecule has 0 fully saturated rings. The number of carboxylic acid groups (broad SMARTS) is 1. The first-order chi connectivity index (χ1) is 8.24. The molecule has 4 nitrogen and oxygen atoms in total. The zero-order valence-electron chi connectivity index (χ0n) is 9.93. The molecule has 0 saturated heterocycles. The lowest BCUT2D eigenvalue weighted by Gasteiger charge is -2.26. The number of nitrogens with zero attached hydrogens (tertiary/aromatic N) is 1. The van der Waals surface area contributed by atoms with Gasteiger partial charge in [0.15, 0.2) is 0 Å². The van der Waals surface area contributed by atoms with Gasteiger partial charge in [-0.25, -0.2) is 4.79 Å². The van der Waals surface area contributed by atoms with E-state index in [4.69, 9.17) is 4.74 Å². The molecule has 0 saturated carbocycles. The summed E-state index contributed by atoms with van der Waals surface area (Å²) in [6.07, 6.45) is 1.44. The van der Waals surface area contributed by atoms with Crippen molar-refractivity contribution < 1.29 is 14.6 Å². The van der Waals surface area contributed by atoms with Gasteiger partial charge in [0.2, 0.25) is 0 Å². The fraction of sp³-hybridized carbons (Fsp3) is 0.462. The van der Waals surface area contributed by atoms with Gasteiger partial charge in [0.25, 0.3) is 0 Å². The topological polar surface area (TPSA) is 49.8 Å². The van der Waals surface area contributed by atoms with Gasteiger partial charge in [-0.15, -0.1) is 0 Å². The predicted molar refractivity (Wildman–Crippen MR) is 65.4 cm³/mol. The summed E-state index contributed by atoms with van der Waals surface area (Å²) in [4.78, 5) is 13.3. The Morgan fingerprint density at radius 1 is 1.53 bits per heavy atom. The maximum atomic E-state index is 11.3. The molecule has 1 aliphatic heterocycles. The van der Waals surface area contributed by atoms with Crippen molar-refractivity contribution in [2.45, 2.75) is 18.9 Å². The Morgan fingerprint density at radius 3 is 3.00 bits per heavy atom. The molecule has 0 amide bonds.